The van der Waals surface area contributed by atoms with Crippen molar-refractivity contribution in [1.29, 1.82) is 0 Å². The molecule has 2 aromatic rings. The summed E-state index contributed by atoms with van der Waals surface area (Å²) in [4.78, 5) is 27.5. The van der Waals surface area contributed by atoms with Crippen LogP contribution in [0.1, 0.15) is 25.6 Å². The third-order valence-corrected chi connectivity index (χ3v) is 3.18. The van der Waals surface area contributed by atoms with Crippen LogP contribution in [0.3, 0.4) is 0 Å². The van der Waals surface area contributed by atoms with Gasteiger partial charge >= 0.3 is 5.97 Å². The van der Waals surface area contributed by atoms with Gasteiger partial charge < -0.3 is 10.4 Å². The maximum Gasteiger partial charge on any atom is 0.338 e. The van der Waals surface area contributed by atoms with Crippen molar-refractivity contribution in [3.05, 3.63) is 52.0 Å². The molecule has 2 rings (SSSR count). The second kappa shape index (κ2) is 5.42. The average molecular weight is 262 g/mol. The number of hydrogen-bond acceptors (Lipinski definition) is 4. The highest BCUT2D eigenvalue weighted by atomic mass is 32.1. The molecule has 5 nitrogen and oxygen atoms in total. The van der Waals surface area contributed by atoms with Crippen LogP contribution in [-0.2, 0) is 6.54 Å². The molecule has 0 saturated heterocycles. The molecule has 18 heavy (non-hydrogen) atoms. The molecule has 2 N–H and O–H groups in total. The van der Waals surface area contributed by atoms with Crippen LogP contribution in [-0.4, -0.2) is 22.0 Å². The van der Waals surface area contributed by atoms with Gasteiger partial charge in [0.2, 0.25) is 0 Å². The molecule has 0 aliphatic heterocycles. The van der Waals surface area contributed by atoms with E-state index in [0.29, 0.717) is 6.54 Å². The van der Waals surface area contributed by atoms with Crippen molar-refractivity contribution in [2.75, 3.05) is 0 Å². The Morgan fingerprint density at radius 2 is 2.17 bits per heavy atom. The number of carboxylic acid groups (broad SMARTS) is 1. The Bertz CT molecular complexity index is 566. The molecule has 0 aliphatic rings. The zero-order valence-corrected chi connectivity index (χ0v) is 10.1. The number of carbonyl (C=O) groups excluding carboxylic acids is 1. The van der Waals surface area contributed by atoms with Gasteiger partial charge in [-0.1, -0.05) is 6.07 Å². The molecule has 6 heteroatoms. The van der Waals surface area contributed by atoms with Gasteiger partial charge in [-0.3, -0.25) is 9.78 Å². The van der Waals surface area contributed by atoms with E-state index in [0.717, 1.165) is 4.88 Å². The Labute approximate surface area is 107 Å². The molecular weight excluding hydrogens is 252 g/mol. The minimum Gasteiger partial charge on any atom is -0.478 e. The lowest BCUT2D eigenvalue weighted by Crippen LogP contribution is -2.24. The highest BCUT2D eigenvalue weighted by Crippen LogP contribution is 2.10. The number of nitrogens with one attached hydrogen (secondary N) is 1. The van der Waals surface area contributed by atoms with Crippen molar-refractivity contribution in [2.45, 2.75) is 6.54 Å². The summed E-state index contributed by atoms with van der Waals surface area (Å²) in [6, 6.07) is 5.18. The van der Waals surface area contributed by atoms with Crippen molar-refractivity contribution < 1.29 is 14.7 Å². The maximum absolute atomic E-state index is 11.9. The summed E-state index contributed by atoms with van der Waals surface area (Å²) in [5.74, 6) is -1.58. The predicted octanol–water partition coefficient (Wildman–Crippen LogP) is 1.77. The molecule has 92 valence electrons. The lowest BCUT2D eigenvalue weighted by Gasteiger charge is -2.06. The van der Waals surface area contributed by atoms with Gasteiger partial charge in [-0.25, -0.2) is 4.79 Å². The lowest BCUT2D eigenvalue weighted by atomic mass is 10.1. The number of carbonyl (C=O) groups is 2. The number of aromatic nitrogens is 1. The number of hydrogen-bond donors (Lipinski definition) is 2. The molecule has 0 unspecified atom stereocenters. The van der Waals surface area contributed by atoms with Gasteiger partial charge in [0.15, 0.2) is 0 Å². The van der Waals surface area contributed by atoms with Crippen LogP contribution in [0.25, 0.3) is 0 Å². The van der Waals surface area contributed by atoms with Gasteiger partial charge in [0, 0.05) is 17.3 Å². The van der Waals surface area contributed by atoms with Crippen LogP contribution in [0, 0.1) is 0 Å². The summed E-state index contributed by atoms with van der Waals surface area (Å²) in [5, 5.41) is 13.5. The van der Waals surface area contributed by atoms with Gasteiger partial charge in [-0.2, -0.15) is 0 Å². The monoisotopic (exact) mass is 262 g/mol. The largest absolute Gasteiger partial charge is 0.478 e. The quantitative estimate of drug-likeness (QED) is 0.880. The standard InChI is InChI=1S/C12H10N2O3S/c15-11(14-6-8-2-1-5-18-8)9-3-4-13-7-10(9)12(16)17/h1-5,7H,6H2,(H,14,15)(H,16,17). The predicted molar refractivity (Wildman–Crippen MR) is 66.7 cm³/mol. The van der Waals surface area contributed by atoms with E-state index < -0.39 is 11.9 Å². The van der Waals surface area contributed by atoms with Crippen LogP contribution in [0.4, 0.5) is 0 Å². The number of amides is 1. The minimum atomic E-state index is -1.16. The average Bonchev–Trinajstić information content (AvgIpc) is 2.89. The Morgan fingerprint density at radius 1 is 1.33 bits per heavy atom. The van der Waals surface area contributed by atoms with Crippen LogP contribution < -0.4 is 5.32 Å². The molecule has 0 aliphatic carbocycles. The van der Waals surface area contributed by atoms with Gasteiger partial charge in [-0.05, 0) is 17.5 Å². The molecule has 0 fully saturated rings. The first kappa shape index (κ1) is 12.3. The molecule has 2 aromatic heterocycles. The zero-order chi connectivity index (χ0) is 13.0. The fourth-order valence-corrected chi connectivity index (χ4v) is 2.08. The summed E-state index contributed by atoms with van der Waals surface area (Å²) in [6.45, 7) is 0.387. The topological polar surface area (TPSA) is 79.3 Å². The molecule has 0 saturated carbocycles. The molecule has 0 atom stereocenters. The number of thiophene rings is 1. The lowest BCUT2D eigenvalue weighted by molar-refractivity contribution is 0.0690. The third kappa shape index (κ3) is 2.72. The fraction of sp³-hybridized carbons (Fsp3) is 0.0833. The first-order chi connectivity index (χ1) is 8.68. The Balaban J connectivity index is 2.11. The van der Waals surface area contributed by atoms with E-state index in [1.165, 1.54) is 29.8 Å². The van der Waals surface area contributed by atoms with E-state index in [2.05, 4.69) is 10.3 Å². The number of rotatable bonds is 4. The summed E-state index contributed by atoms with van der Waals surface area (Å²) in [5.41, 5.74) is 0.0234. The van der Waals surface area contributed by atoms with E-state index in [-0.39, 0.29) is 11.1 Å². The van der Waals surface area contributed by atoms with Crippen LogP contribution in [0.2, 0.25) is 0 Å². The first-order valence-corrected chi connectivity index (χ1v) is 6.04. The minimum absolute atomic E-state index is 0.0961. The molecule has 0 bridgehead atoms. The normalized spacial score (nSPS) is 10.0. The van der Waals surface area contributed by atoms with Gasteiger partial charge in [-0.15, -0.1) is 11.3 Å². The number of pyridine rings is 1. The van der Waals surface area contributed by atoms with Gasteiger partial charge in [0.25, 0.3) is 5.91 Å². The van der Waals surface area contributed by atoms with Crippen molar-refractivity contribution in [3.8, 4) is 0 Å². The van der Waals surface area contributed by atoms with E-state index in [4.69, 9.17) is 5.11 Å². The molecule has 0 radical (unpaired) electrons. The summed E-state index contributed by atoms with van der Waals surface area (Å²) in [7, 11) is 0. The summed E-state index contributed by atoms with van der Waals surface area (Å²) in [6.07, 6.45) is 2.56. The fourth-order valence-electron chi connectivity index (χ4n) is 1.44. The maximum atomic E-state index is 11.9. The van der Waals surface area contributed by atoms with Crippen molar-refractivity contribution in [1.82, 2.24) is 10.3 Å². The number of aromatic carboxylic acids is 1. The highest BCUT2D eigenvalue weighted by molar-refractivity contribution is 7.09. The third-order valence-electron chi connectivity index (χ3n) is 2.30. The van der Waals surface area contributed by atoms with Gasteiger partial charge in [0.05, 0.1) is 17.7 Å². The number of nitrogens with zero attached hydrogens (tertiary/aromatic N) is 1. The van der Waals surface area contributed by atoms with Crippen LogP contribution >= 0.6 is 11.3 Å². The van der Waals surface area contributed by atoms with Crippen LogP contribution in [0.5, 0.6) is 0 Å². The number of carboxylic acids is 1. The highest BCUT2D eigenvalue weighted by Gasteiger charge is 2.15. The molecule has 1 amide bonds. The second-order valence-electron chi connectivity index (χ2n) is 3.49. The molecule has 0 aromatic carbocycles. The Hall–Kier alpha value is -2.21. The first-order valence-electron chi connectivity index (χ1n) is 5.16. The SMILES string of the molecule is O=C(O)c1cnccc1C(=O)NCc1cccs1. The van der Waals surface area contributed by atoms with E-state index in [9.17, 15) is 9.59 Å². The second-order valence-corrected chi connectivity index (χ2v) is 4.52. The van der Waals surface area contributed by atoms with Crippen molar-refractivity contribution in [2.24, 2.45) is 0 Å². The van der Waals surface area contributed by atoms with Gasteiger partial charge in [0.1, 0.15) is 0 Å². The van der Waals surface area contributed by atoms with E-state index in [1.807, 2.05) is 17.5 Å². The Kier molecular flexibility index (Phi) is 3.69. The van der Waals surface area contributed by atoms with Crippen molar-refractivity contribution >= 4 is 23.2 Å². The zero-order valence-electron chi connectivity index (χ0n) is 9.29. The molecule has 2 heterocycles. The van der Waals surface area contributed by atoms with E-state index in [1.54, 1.807) is 0 Å². The van der Waals surface area contributed by atoms with Crippen molar-refractivity contribution in [3.63, 3.8) is 0 Å². The summed E-state index contributed by atoms with van der Waals surface area (Å²) < 4.78 is 0. The summed E-state index contributed by atoms with van der Waals surface area (Å²) >= 11 is 1.53. The molecular formula is C12H10N2O3S. The Morgan fingerprint density at radius 3 is 2.83 bits per heavy atom. The smallest absolute Gasteiger partial charge is 0.338 e. The van der Waals surface area contributed by atoms with E-state index >= 15 is 0 Å². The van der Waals surface area contributed by atoms with Crippen LogP contribution in [0.15, 0.2) is 36.0 Å². The molecule has 0 spiro atoms.